The van der Waals surface area contributed by atoms with E-state index >= 15 is 0 Å². The molecule has 10 heteroatoms. The molecule has 2 aromatic heterocycles. The molecule has 0 radical (unpaired) electrons. The van der Waals surface area contributed by atoms with Crippen molar-refractivity contribution < 1.29 is 18.3 Å². The lowest BCUT2D eigenvalue weighted by molar-refractivity contribution is -0.136. The third kappa shape index (κ3) is 4.58. The molecule has 31 heavy (non-hydrogen) atoms. The average molecular weight is 476 g/mol. The fourth-order valence-electron chi connectivity index (χ4n) is 3.40. The Bertz CT molecular complexity index is 1440. The average Bonchev–Trinajstić information content (AvgIpc) is 3.24. The van der Waals surface area contributed by atoms with Crippen molar-refractivity contribution >= 4 is 71.3 Å². The fourth-order valence-corrected chi connectivity index (χ4v) is 5.82. The van der Waals surface area contributed by atoms with Crippen molar-refractivity contribution in [3.05, 3.63) is 64.8 Å². The van der Waals surface area contributed by atoms with Crippen molar-refractivity contribution in [3.63, 3.8) is 0 Å². The van der Waals surface area contributed by atoms with Crippen LogP contribution in [0.2, 0.25) is 5.02 Å². The molecule has 2 heterocycles. The SMILES string of the molecule is Nc1nc2ccc(C=CCS(=O)(=O)n3c(CCC(=O)O)cc4cc(Cl)ccc43)cc2s1. The van der Waals surface area contributed by atoms with Gasteiger partial charge in [-0.2, -0.15) is 0 Å². The number of hydrogen-bond acceptors (Lipinski definition) is 6. The zero-order chi connectivity index (χ0) is 22.2. The van der Waals surface area contributed by atoms with Crippen LogP contribution < -0.4 is 5.73 Å². The van der Waals surface area contributed by atoms with Crippen molar-refractivity contribution in [1.82, 2.24) is 8.96 Å². The first kappa shape index (κ1) is 21.4. The predicted molar refractivity (Wildman–Crippen MR) is 125 cm³/mol. The monoisotopic (exact) mass is 475 g/mol. The Morgan fingerprint density at radius 3 is 2.81 bits per heavy atom. The van der Waals surface area contributed by atoms with Gasteiger partial charge in [0, 0.05) is 16.1 Å². The molecule has 0 bridgehead atoms. The molecule has 0 amide bonds. The Kier molecular flexibility index (Phi) is 5.74. The molecular formula is C21H18ClN3O4S2. The number of rotatable bonds is 7. The van der Waals surface area contributed by atoms with Crippen molar-refractivity contribution in [3.8, 4) is 0 Å². The van der Waals surface area contributed by atoms with Gasteiger partial charge in [0.25, 0.3) is 0 Å². The number of nitrogens with zero attached hydrogens (tertiary/aromatic N) is 2. The second kappa shape index (κ2) is 8.33. The van der Waals surface area contributed by atoms with E-state index in [0.717, 1.165) is 15.8 Å². The summed E-state index contributed by atoms with van der Waals surface area (Å²) in [5, 5.41) is 10.6. The molecule has 0 fully saturated rings. The number of aromatic nitrogens is 2. The van der Waals surface area contributed by atoms with E-state index in [4.69, 9.17) is 22.4 Å². The predicted octanol–water partition coefficient (Wildman–Crippen LogP) is 4.40. The highest BCUT2D eigenvalue weighted by atomic mass is 35.5. The minimum atomic E-state index is -3.78. The van der Waals surface area contributed by atoms with Gasteiger partial charge in [-0.1, -0.05) is 41.2 Å². The van der Waals surface area contributed by atoms with Crippen molar-refractivity contribution in [2.45, 2.75) is 12.8 Å². The number of nitrogens with two attached hydrogens (primary N) is 1. The number of benzene rings is 2. The summed E-state index contributed by atoms with van der Waals surface area (Å²) in [5.41, 5.74) is 8.24. The Labute approximate surface area is 187 Å². The third-order valence-corrected chi connectivity index (χ3v) is 7.39. The van der Waals surface area contributed by atoms with Crippen LogP contribution in [0.25, 0.3) is 27.2 Å². The lowest BCUT2D eigenvalue weighted by atomic mass is 10.2. The first-order valence-corrected chi connectivity index (χ1v) is 12.1. The maximum atomic E-state index is 13.2. The van der Waals surface area contributed by atoms with Crippen LogP contribution in [0.5, 0.6) is 0 Å². The summed E-state index contributed by atoms with van der Waals surface area (Å²) in [7, 11) is -3.78. The number of aliphatic carboxylic acids is 1. The van der Waals surface area contributed by atoms with Crippen molar-refractivity contribution in [1.29, 1.82) is 0 Å². The smallest absolute Gasteiger partial charge is 0.303 e. The largest absolute Gasteiger partial charge is 0.481 e. The molecule has 0 aliphatic carbocycles. The topological polar surface area (TPSA) is 115 Å². The standard InChI is InChI=1S/C21H18ClN3O4S2/c22-15-4-7-18-14(11-15)12-16(5-8-20(26)27)25(18)31(28,29)9-1-2-13-3-6-17-19(10-13)30-21(23)24-17/h1-4,6-7,10-12H,5,8-9H2,(H2,23,24)(H,26,27). The van der Waals surface area contributed by atoms with Gasteiger partial charge in [-0.15, -0.1) is 0 Å². The molecule has 0 aliphatic heterocycles. The maximum absolute atomic E-state index is 13.2. The summed E-state index contributed by atoms with van der Waals surface area (Å²) in [6.07, 6.45) is 3.22. The molecule has 2 aromatic carbocycles. The van der Waals surface area contributed by atoms with Crippen LogP contribution in [0, 0.1) is 0 Å². The summed E-state index contributed by atoms with van der Waals surface area (Å²) >= 11 is 7.41. The summed E-state index contributed by atoms with van der Waals surface area (Å²) < 4.78 is 28.5. The van der Waals surface area contributed by atoms with Gasteiger partial charge >= 0.3 is 5.97 Å². The molecule has 0 aliphatic rings. The lowest BCUT2D eigenvalue weighted by Crippen LogP contribution is -2.18. The molecule has 4 aromatic rings. The number of thiazole rings is 1. The maximum Gasteiger partial charge on any atom is 0.303 e. The highest BCUT2D eigenvalue weighted by Crippen LogP contribution is 2.27. The number of hydrogen-bond donors (Lipinski definition) is 2. The van der Waals surface area contributed by atoms with E-state index in [1.165, 1.54) is 15.3 Å². The van der Waals surface area contributed by atoms with Gasteiger partial charge in [0.1, 0.15) is 0 Å². The number of fused-ring (bicyclic) bond motifs is 2. The van der Waals surface area contributed by atoms with Crippen LogP contribution in [0.4, 0.5) is 5.13 Å². The van der Waals surface area contributed by atoms with Gasteiger partial charge in [0.15, 0.2) is 5.13 Å². The van der Waals surface area contributed by atoms with E-state index in [2.05, 4.69) is 4.98 Å². The Hall–Kier alpha value is -2.88. The molecule has 3 N–H and O–H groups in total. The van der Waals surface area contributed by atoms with E-state index in [1.807, 2.05) is 18.2 Å². The normalized spacial score (nSPS) is 12.3. The number of aryl methyl sites for hydroxylation is 1. The molecule has 0 saturated carbocycles. The zero-order valence-electron chi connectivity index (χ0n) is 16.2. The molecule has 7 nitrogen and oxygen atoms in total. The number of nitrogen functional groups attached to an aromatic ring is 1. The number of carbonyl (C=O) groups is 1. The van der Waals surface area contributed by atoms with Gasteiger partial charge in [-0.25, -0.2) is 17.4 Å². The Morgan fingerprint density at radius 2 is 2.03 bits per heavy atom. The highest BCUT2D eigenvalue weighted by Gasteiger charge is 2.20. The first-order valence-electron chi connectivity index (χ1n) is 9.30. The minimum absolute atomic E-state index is 0.0913. The Morgan fingerprint density at radius 1 is 1.23 bits per heavy atom. The highest BCUT2D eigenvalue weighted by molar-refractivity contribution is 7.90. The molecule has 0 unspecified atom stereocenters. The summed E-state index contributed by atoms with van der Waals surface area (Å²) in [4.78, 5) is 15.2. The number of anilines is 1. The van der Waals surface area contributed by atoms with E-state index in [9.17, 15) is 13.2 Å². The fraction of sp³-hybridized carbons (Fsp3) is 0.143. The van der Waals surface area contributed by atoms with E-state index in [0.29, 0.717) is 26.8 Å². The van der Waals surface area contributed by atoms with E-state index in [1.54, 1.807) is 36.4 Å². The zero-order valence-corrected chi connectivity index (χ0v) is 18.5. The van der Waals surface area contributed by atoms with Gasteiger partial charge in [-0.05, 0) is 48.4 Å². The van der Waals surface area contributed by atoms with Crippen LogP contribution in [0.3, 0.4) is 0 Å². The second-order valence-electron chi connectivity index (χ2n) is 6.96. The van der Waals surface area contributed by atoms with Crippen molar-refractivity contribution in [2.75, 3.05) is 11.5 Å². The van der Waals surface area contributed by atoms with Gasteiger partial charge in [0.05, 0.1) is 27.9 Å². The van der Waals surface area contributed by atoms with E-state index < -0.39 is 16.0 Å². The first-order chi connectivity index (χ1) is 14.7. The third-order valence-electron chi connectivity index (χ3n) is 4.71. The molecule has 0 spiro atoms. The van der Waals surface area contributed by atoms with Crippen LogP contribution in [0.15, 0.2) is 48.5 Å². The number of carboxylic acid groups (broad SMARTS) is 1. The Balaban J connectivity index is 1.65. The molecule has 160 valence electrons. The molecule has 4 rings (SSSR count). The number of carboxylic acids is 1. The minimum Gasteiger partial charge on any atom is -0.481 e. The molecule has 0 atom stereocenters. The lowest BCUT2D eigenvalue weighted by Gasteiger charge is -2.10. The van der Waals surface area contributed by atoms with Gasteiger partial charge < -0.3 is 10.8 Å². The van der Waals surface area contributed by atoms with Gasteiger partial charge in [-0.3, -0.25) is 4.79 Å². The van der Waals surface area contributed by atoms with Crippen LogP contribution in [-0.4, -0.2) is 34.2 Å². The summed E-state index contributed by atoms with van der Waals surface area (Å²) in [5.74, 6) is -1.24. The second-order valence-corrected chi connectivity index (χ2v) is 10.3. The molecular weight excluding hydrogens is 458 g/mol. The molecule has 0 saturated heterocycles. The van der Waals surface area contributed by atoms with E-state index in [-0.39, 0.29) is 18.6 Å². The van der Waals surface area contributed by atoms with Crippen LogP contribution in [-0.2, 0) is 21.2 Å². The van der Waals surface area contributed by atoms with Gasteiger partial charge in [0.2, 0.25) is 10.0 Å². The van der Waals surface area contributed by atoms with Crippen molar-refractivity contribution in [2.24, 2.45) is 0 Å². The summed E-state index contributed by atoms with van der Waals surface area (Å²) in [6, 6.07) is 12.2. The number of halogens is 1. The van der Waals surface area contributed by atoms with Crippen LogP contribution >= 0.6 is 22.9 Å². The van der Waals surface area contributed by atoms with Crippen LogP contribution in [0.1, 0.15) is 17.7 Å². The quantitative estimate of drug-likeness (QED) is 0.409. The summed E-state index contributed by atoms with van der Waals surface area (Å²) in [6.45, 7) is 0.